The average Bonchev–Trinajstić information content (AvgIpc) is 3.31. The Morgan fingerprint density at radius 1 is 1.07 bits per heavy atom. The predicted molar refractivity (Wildman–Crippen MR) is 109 cm³/mol. The van der Waals surface area contributed by atoms with Crippen LogP contribution < -0.4 is 15.5 Å². The van der Waals surface area contributed by atoms with Crippen molar-refractivity contribution >= 4 is 28.5 Å². The van der Waals surface area contributed by atoms with Gasteiger partial charge in [-0.05, 0) is 42.5 Å². The number of rotatable bonds is 3. The molecule has 2 aromatic rings. The minimum Gasteiger partial charge on any atom is -0.371 e. The van der Waals surface area contributed by atoms with E-state index in [1.54, 1.807) is 12.3 Å². The van der Waals surface area contributed by atoms with Gasteiger partial charge >= 0.3 is 0 Å². The number of carbonyl (C=O) groups is 1. The Hall–Kier alpha value is -2.90. The van der Waals surface area contributed by atoms with E-state index in [1.165, 1.54) is 12.1 Å². The van der Waals surface area contributed by atoms with Crippen molar-refractivity contribution in [1.29, 1.82) is 0 Å². The summed E-state index contributed by atoms with van der Waals surface area (Å²) < 4.78 is 25.1. The molecule has 3 heterocycles. The summed E-state index contributed by atoms with van der Waals surface area (Å²) in [6, 6.07) is 12.3. The zero-order valence-electron chi connectivity index (χ0n) is 15.9. The fourth-order valence-electron chi connectivity index (χ4n) is 4.12. The number of ether oxygens (including phenoxy) is 2. The second-order valence-electron chi connectivity index (χ2n) is 7.49. The van der Waals surface area contributed by atoms with Gasteiger partial charge in [0.15, 0.2) is 5.79 Å². The number of benzene rings is 2. The lowest BCUT2D eigenvalue weighted by molar-refractivity contribution is -0.169. The van der Waals surface area contributed by atoms with Crippen molar-refractivity contribution in [2.75, 3.05) is 41.8 Å². The van der Waals surface area contributed by atoms with Gasteiger partial charge in [-0.15, -0.1) is 0 Å². The van der Waals surface area contributed by atoms with Crippen LogP contribution in [-0.2, 0) is 14.3 Å². The topological polar surface area (TPSA) is 62.8 Å². The Kier molecular flexibility index (Phi) is 4.49. The molecule has 2 saturated heterocycles. The molecule has 2 aromatic carbocycles. The maximum Gasteiger partial charge on any atom is 0.257 e. The van der Waals surface area contributed by atoms with Crippen LogP contribution in [0.1, 0.15) is 18.4 Å². The number of anilines is 3. The SMILES string of the molecule is O=C1Nc2ccc(F)cc2/C1=C\Nc1ccc(N2CCC3(CC2)OCCO3)cc1. The zero-order chi connectivity index (χ0) is 19.8. The Labute approximate surface area is 168 Å². The normalized spacial score (nSPS) is 21.5. The lowest BCUT2D eigenvalue weighted by Gasteiger charge is -2.38. The van der Waals surface area contributed by atoms with Gasteiger partial charge in [0, 0.05) is 54.8 Å². The molecule has 0 aliphatic carbocycles. The van der Waals surface area contributed by atoms with Gasteiger partial charge in [-0.1, -0.05) is 0 Å². The van der Waals surface area contributed by atoms with Gasteiger partial charge in [-0.2, -0.15) is 0 Å². The van der Waals surface area contributed by atoms with Crippen molar-refractivity contribution in [3.8, 4) is 0 Å². The largest absolute Gasteiger partial charge is 0.371 e. The maximum atomic E-state index is 13.5. The highest BCUT2D eigenvalue weighted by molar-refractivity contribution is 6.31. The lowest BCUT2D eigenvalue weighted by atomic mass is 10.0. The quantitative estimate of drug-likeness (QED) is 0.778. The molecule has 0 atom stereocenters. The summed E-state index contributed by atoms with van der Waals surface area (Å²) in [5.74, 6) is -0.984. The van der Waals surface area contributed by atoms with Gasteiger partial charge in [-0.3, -0.25) is 4.79 Å². The highest BCUT2D eigenvalue weighted by atomic mass is 19.1. The van der Waals surface area contributed by atoms with E-state index >= 15 is 0 Å². The summed E-state index contributed by atoms with van der Waals surface area (Å²) in [5.41, 5.74) is 3.61. The minimum atomic E-state index is -0.373. The monoisotopic (exact) mass is 395 g/mol. The second kappa shape index (κ2) is 7.17. The molecule has 3 aliphatic rings. The van der Waals surface area contributed by atoms with E-state index in [4.69, 9.17) is 9.47 Å². The second-order valence-corrected chi connectivity index (χ2v) is 7.49. The van der Waals surface area contributed by atoms with Gasteiger partial charge in [-0.25, -0.2) is 4.39 Å². The van der Waals surface area contributed by atoms with Gasteiger partial charge < -0.3 is 25.0 Å². The number of carbonyl (C=O) groups excluding carboxylic acids is 1. The smallest absolute Gasteiger partial charge is 0.257 e. The van der Waals surface area contributed by atoms with E-state index in [9.17, 15) is 9.18 Å². The van der Waals surface area contributed by atoms with Crippen LogP contribution in [0.25, 0.3) is 5.57 Å². The van der Waals surface area contributed by atoms with Gasteiger partial charge in [0.1, 0.15) is 5.82 Å². The average molecular weight is 395 g/mol. The molecule has 0 unspecified atom stereocenters. The summed E-state index contributed by atoms with van der Waals surface area (Å²) in [4.78, 5) is 14.5. The highest BCUT2D eigenvalue weighted by Crippen LogP contribution is 2.34. The first kappa shape index (κ1) is 18.1. The molecule has 5 rings (SSSR count). The van der Waals surface area contributed by atoms with Gasteiger partial charge in [0.05, 0.1) is 18.8 Å². The molecular formula is C22H22FN3O3. The first-order valence-corrected chi connectivity index (χ1v) is 9.83. The van der Waals surface area contributed by atoms with Crippen LogP contribution >= 0.6 is 0 Å². The number of amides is 1. The fraction of sp³-hybridized carbons (Fsp3) is 0.318. The number of fused-ring (bicyclic) bond motifs is 1. The van der Waals surface area contributed by atoms with Crippen molar-refractivity contribution in [2.24, 2.45) is 0 Å². The Morgan fingerprint density at radius 2 is 1.79 bits per heavy atom. The summed E-state index contributed by atoms with van der Waals surface area (Å²) in [6.45, 7) is 3.15. The van der Waals surface area contributed by atoms with E-state index in [1.807, 2.05) is 12.1 Å². The summed E-state index contributed by atoms with van der Waals surface area (Å²) in [5, 5.41) is 5.89. The third-order valence-corrected chi connectivity index (χ3v) is 5.72. The van der Waals surface area contributed by atoms with E-state index in [0.717, 1.165) is 37.3 Å². The van der Waals surface area contributed by atoms with Crippen LogP contribution in [-0.4, -0.2) is 38.0 Å². The zero-order valence-corrected chi connectivity index (χ0v) is 15.9. The third kappa shape index (κ3) is 3.47. The standard InChI is InChI=1S/C22H22FN3O3/c23-15-1-6-20-18(13-15)19(21(27)25-20)14-24-16-2-4-17(5-3-16)26-9-7-22(8-10-26)28-11-12-29-22/h1-6,13-14,24H,7-12H2,(H,25,27)/b19-14+. The van der Waals surface area contributed by atoms with Crippen molar-refractivity contribution in [1.82, 2.24) is 0 Å². The van der Waals surface area contributed by atoms with Crippen molar-refractivity contribution in [3.63, 3.8) is 0 Å². The molecule has 1 spiro atoms. The van der Waals surface area contributed by atoms with Gasteiger partial charge in [0.25, 0.3) is 5.91 Å². The molecule has 3 aliphatic heterocycles. The maximum absolute atomic E-state index is 13.5. The molecule has 150 valence electrons. The van der Waals surface area contributed by atoms with E-state index < -0.39 is 0 Å². The predicted octanol–water partition coefficient (Wildman–Crippen LogP) is 3.57. The van der Waals surface area contributed by atoms with E-state index in [2.05, 4.69) is 27.7 Å². The summed E-state index contributed by atoms with van der Waals surface area (Å²) in [6.07, 6.45) is 3.35. The van der Waals surface area contributed by atoms with Crippen LogP contribution in [0.2, 0.25) is 0 Å². The number of halogens is 1. The summed E-state index contributed by atoms with van der Waals surface area (Å²) >= 11 is 0. The van der Waals surface area contributed by atoms with Crippen LogP contribution in [0.5, 0.6) is 0 Å². The Morgan fingerprint density at radius 3 is 2.52 bits per heavy atom. The van der Waals surface area contributed by atoms with Crippen LogP contribution in [0, 0.1) is 5.82 Å². The van der Waals surface area contributed by atoms with Crippen molar-refractivity contribution in [3.05, 3.63) is 60.0 Å². The van der Waals surface area contributed by atoms with E-state index in [-0.39, 0.29) is 17.5 Å². The highest BCUT2D eigenvalue weighted by Gasteiger charge is 2.39. The molecular weight excluding hydrogens is 373 g/mol. The molecule has 2 N–H and O–H groups in total. The molecule has 7 heteroatoms. The molecule has 6 nitrogen and oxygen atoms in total. The number of nitrogens with one attached hydrogen (secondary N) is 2. The first-order valence-electron chi connectivity index (χ1n) is 9.83. The van der Waals surface area contributed by atoms with E-state index in [0.29, 0.717) is 30.0 Å². The Bertz CT molecular complexity index is 958. The molecule has 0 saturated carbocycles. The van der Waals surface area contributed by atoms with Crippen LogP contribution in [0.4, 0.5) is 21.5 Å². The van der Waals surface area contributed by atoms with Crippen LogP contribution in [0.3, 0.4) is 0 Å². The van der Waals surface area contributed by atoms with Crippen molar-refractivity contribution in [2.45, 2.75) is 18.6 Å². The first-order chi connectivity index (χ1) is 14.1. The number of piperidine rings is 1. The number of hydrogen-bond donors (Lipinski definition) is 2. The minimum absolute atomic E-state index is 0.242. The molecule has 1 amide bonds. The third-order valence-electron chi connectivity index (χ3n) is 5.72. The number of hydrogen-bond acceptors (Lipinski definition) is 5. The van der Waals surface area contributed by atoms with Crippen molar-refractivity contribution < 1.29 is 18.7 Å². The molecule has 0 bridgehead atoms. The lowest BCUT2D eigenvalue weighted by Crippen LogP contribution is -2.45. The van der Waals surface area contributed by atoms with Gasteiger partial charge in [0.2, 0.25) is 0 Å². The number of nitrogens with zero attached hydrogens (tertiary/aromatic N) is 1. The Balaban J connectivity index is 1.25. The van der Waals surface area contributed by atoms with Crippen LogP contribution in [0.15, 0.2) is 48.7 Å². The summed E-state index contributed by atoms with van der Waals surface area (Å²) in [7, 11) is 0. The fourth-order valence-corrected chi connectivity index (χ4v) is 4.12. The molecule has 2 fully saturated rings. The molecule has 0 radical (unpaired) electrons. The molecule has 29 heavy (non-hydrogen) atoms. The molecule has 0 aromatic heterocycles.